The molecule has 1 amide bonds. The van der Waals surface area contributed by atoms with Crippen LogP contribution in [0.3, 0.4) is 0 Å². The molecule has 1 N–H and O–H groups in total. The fourth-order valence-corrected chi connectivity index (χ4v) is 3.93. The molecule has 0 aromatic heterocycles. The third kappa shape index (κ3) is 4.13. The van der Waals surface area contributed by atoms with Crippen LogP contribution in [0.1, 0.15) is 10.4 Å². The van der Waals surface area contributed by atoms with Crippen molar-refractivity contribution < 1.29 is 13.2 Å². The first-order valence-corrected chi connectivity index (χ1v) is 9.22. The molecule has 0 saturated carbocycles. The van der Waals surface area contributed by atoms with Gasteiger partial charge in [-0.15, -0.1) is 0 Å². The highest BCUT2D eigenvalue weighted by Crippen LogP contribution is 2.30. The van der Waals surface area contributed by atoms with Crippen molar-refractivity contribution >= 4 is 56.4 Å². The third-order valence-corrected chi connectivity index (χ3v) is 5.46. The molecule has 24 heavy (non-hydrogen) atoms. The van der Waals surface area contributed by atoms with Crippen LogP contribution in [-0.2, 0) is 10.0 Å². The molecule has 0 aliphatic heterocycles. The Morgan fingerprint density at radius 3 is 2.25 bits per heavy atom. The Balaban J connectivity index is 2.44. The van der Waals surface area contributed by atoms with Gasteiger partial charge in [-0.05, 0) is 36.4 Å². The minimum Gasteiger partial charge on any atom is -0.345 e. The SMILES string of the molecule is CN(C)C(=O)c1ccc(Cl)c(NS(=O)(=O)c2cc(Cl)ccc2Cl)c1. The Hall–Kier alpha value is -1.47. The van der Waals surface area contributed by atoms with Gasteiger partial charge in [0, 0.05) is 24.7 Å². The lowest BCUT2D eigenvalue weighted by atomic mass is 10.2. The standard InChI is InChI=1S/C15H13Cl3N2O3S/c1-20(2)15(21)9-3-5-11(17)13(7-9)19-24(22,23)14-8-10(16)4-6-12(14)18/h3-8,19H,1-2H3. The third-order valence-electron chi connectivity index (χ3n) is 3.05. The summed E-state index contributed by atoms with van der Waals surface area (Å²) in [6, 6.07) is 8.40. The van der Waals surface area contributed by atoms with E-state index in [-0.39, 0.29) is 31.6 Å². The van der Waals surface area contributed by atoms with Gasteiger partial charge in [0.2, 0.25) is 0 Å². The summed E-state index contributed by atoms with van der Waals surface area (Å²) in [5, 5.41) is 0.387. The summed E-state index contributed by atoms with van der Waals surface area (Å²) < 4.78 is 27.4. The van der Waals surface area contributed by atoms with E-state index in [1.165, 1.54) is 41.3 Å². The van der Waals surface area contributed by atoms with Crippen molar-refractivity contribution in [2.45, 2.75) is 4.90 Å². The topological polar surface area (TPSA) is 66.5 Å². The molecule has 5 nitrogen and oxygen atoms in total. The van der Waals surface area contributed by atoms with E-state index in [4.69, 9.17) is 34.8 Å². The van der Waals surface area contributed by atoms with Crippen LogP contribution in [0.4, 0.5) is 5.69 Å². The van der Waals surface area contributed by atoms with E-state index in [1.54, 1.807) is 14.1 Å². The van der Waals surface area contributed by atoms with Gasteiger partial charge in [-0.3, -0.25) is 9.52 Å². The summed E-state index contributed by atoms with van der Waals surface area (Å²) in [5.41, 5.74) is 0.361. The van der Waals surface area contributed by atoms with Gasteiger partial charge in [-0.25, -0.2) is 8.42 Å². The number of halogens is 3. The maximum Gasteiger partial charge on any atom is 0.263 e. The average Bonchev–Trinajstić information content (AvgIpc) is 2.50. The summed E-state index contributed by atoms with van der Waals surface area (Å²) in [5.74, 6) is -0.284. The lowest BCUT2D eigenvalue weighted by Gasteiger charge is -2.14. The van der Waals surface area contributed by atoms with Crippen molar-refractivity contribution in [3.05, 3.63) is 57.0 Å². The predicted octanol–water partition coefficient (Wildman–Crippen LogP) is 4.15. The molecule has 0 unspecified atom stereocenters. The molecule has 0 atom stereocenters. The van der Waals surface area contributed by atoms with Crippen molar-refractivity contribution in [2.24, 2.45) is 0 Å². The molecule has 128 valence electrons. The maximum atomic E-state index is 12.5. The van der Waals surface area contributed by atoms with Crippen LogP contribution in [0.25, 0.3) is 0 Å². The normalized spacial score (nSPS) is 11.2. The second kappa shape index (κ2) is 7.19. The highest BCUT2D eigenvalue weighted by atomic mass is 35.5. The predicted molar refractivity (Wildman–Crippen MR) is 96.7 cm³/mol. The van der Waals surface area contributed by atoms with Gasteiger partial charge < -0.3 is 4.90 Å². The van der Waals surface area contributed by atoms with Gasteiger partial charge >= 0.3 is 0 Å². The van der Waals surface area contributed by atoms with Crippen LogP contribution in [0.5, 0.6) is 0 Å². The minimum atomic E-state index is -4.03. The van der Waals surface area contributed by atoms with E-state index in [2.05, 4.69) is 4.72 Å². The van der Waals surface area contributed by atoms with Gasteiger partial charge in [0.25, 0.3) is 15.9 Å². The molecule has 0 aliphatic carbocycles. The van der Waals surface area contributed by atoms with E-state index >= 15 is 0 Å². The van der Waals surface area contributed by atoms with Crippen LogP contribution in [-0.4, -0.2) is 33.3 Å². The van der Waals surface area contributed by atoms with Gasteiger partial charge in [-0.1, -0.05) is 34.8 Å². The Morgan fingerprint density at radius 2 is 1.62 bits per heavy atom. The van der Waals surface area contributed by atoms with Gasteiger partial charge in [0.1, 0.15) is 4.90 Å². The molecule has 2 aromatic carbocycles. The van der Waals surface area contributed by atoms with Crippen molar-refractivity contribution in [3.8, 4) is 0 Å². The molecule has 2 aromatic rings. The Labute approximate surface area is 155 Å². The van der Waals surface area contributed by atoms with E-state index in [0.29, 0.717) is 5.56 Å². The molecule has 2 rings (SSSR count). The summed E-state index contributed by atoms with van der Waals surface area (Å²) in [6.45, 7) is 0. The molecule has 0 saturated heterocycles. The number of carbonyl (C=O) groups is 1. The van der Waals surface area contributed by atoms with Crippen LogP contribution < -0.4 is 4.72 Å². The molecule has 0 spiro atoms. The number of carbonyl (C=O) groups excluding carboxylic acids is 1. The smallest absolute Gasteiger partial charge is 0.263 e. The van der Waals surface area contributed by atoms with E-state index in [0.717, 1.165) is 0 Å². The average molecular weight is 408 g/mol. The number of anilines is 1. The molecule has 0 heterocycles. The number of sulfonamides is 1. The molecular formula is C15H13Cl3N2O3S. The molecule has 0 radical (unpaired) electrons. The number of rotatable bonds is 4. The summed E-state index contributed by atoms with van der Waals surface area (Å²) >= 11 is 17.8. The Kier molecular flexibility index (Phi) is 5.65. The highest BCUT2D eigenvalue weighted by molar-refractivity contribution is 7.92. The quantitative estimate of drug-likeness (QED) is 0.828. The monoisotopic (exact) mass is 406 g/mol. The Morgan fingerprint density at radius 1 is 1.00 bits per heavy atom. The van der Waals surface area contributed by atoms with Crippen LogP contribution in [0.2, 0.25) is 15.1 Å². The van der Waals surface area contributed by atoms with E-state index in [9.17, 15) is 13.2 Å². The second-order valence-electron chi connectivity index (χ2n) is 5.07. The zero-order valence-electron chi connectivity index (χ0n) is 12.7. The first-order chi connectivity index (χ1) is 11.1. The van der Waals surface area contributed by atoms with Crippen molar-refractivity contribution in [2.75, 3.05) is 18.8 Å². The summed E-state index contributed by atoms with van der Waals surface area (Å²) in [6.07, 6.45) is 0. The first-order valence-electron chi connectivity index (χ1n) is 6.61. The number of nitrogens with one attached hydrogen (secondary N) is 1. The summed E-state index contributed by atoms with van der Waals surface area (Å²) in [7, 11) is -0.848. The van der Waals surface area contributed by atoms with Gasteiger partial charge in [0.15, 0.2) is 0 Å². The summed E-state index contributed by atoms with van der Waals surface area (Å²) in [4.78, 5) is 13.2. The highest BCUT2D eigenvalue weighted by Gasteiger charge is 2.21. The van der Waals surface area contributed by atoms with Crippen molar-refractivity contribution in [3.63, 3.8) is 0 Å². The maximum absolute atomic E-state index is 12.5. The van der Waals surface area contributed by atoms with Crippen LogP contribution in [0.15, 0.2) is 41.3 Å². The van der Waals surface area contributed by atoms with Gasteiger partial charge in [0.05, 0.1) is 15.7 Å². The number of hydrogen-bond donors (Lipinski definition) is 1. The van der Waals surface area contributed by atoms with E-state index < -0.39 is 10.0 Å². The van der Waals surface area contributed by atoms with Crippen molar-refractivity contribution in [1.29, 1.82) is 0 Å². The minimum absolute atomic E-state index is 0.0172. The largest absolute Gasteiger partial charge is 0.345 e. The fourth-order valence-electron chi connectivity index (χ4n) is 1.88. The number of benzene rings is 2. The fraction of sp³-hybridized carbons (Fsp3) is 0.133. The first kappa shape index (κ1) is 18.9. The molecule has 0 aliphatic rings. The second-order valence-corrected chi connectivity index (χ2v) is 7.98. The van der Waals surface area contributed by atoms with Crippen molar-refractivity contribution in [1.82, 2.24) is 4.90 Å². The lowest BCUT2D eigenvalue weighted by molar-refractivity contribution is 0.0827. The van der Waals surface area contributed by atoms with Crippen LogP contribution in [0, 0.1) is 0 Å². The molecule has 0 bridgehead atoms. The molecule has 0 fully saturated rings. The van der Waals surface area contributed by atoms with E-state index in [1.807, 2.05) is 0 Å². The van der Waals surface area contributed by atoms with Gasteiger partial charge in [-0.2, -0.15) is 0 Å². The zero-order chi connectivity index (χ0) is 18.1. The number of nitrogens with zero attached hydrogens (tertiary/aromatic N) is 1. The molecule has 9 heteroatoms. The Bertz CT molecular complexity index is 899. The zero-order valence-corrected chi connectivity index (χ0v) is 15.8. The number of amides is 1. The lowest BCUT2D eigenvalue weighted by Crippen LogP contribution is -2.22. The van der Waals surface area contributed by atoms with Crippen LogP contribution >= 0.6 is 34.8 Å². The molecular weight excluding hydrogens is 395 g/mol. The number of hydrogen-bond acceptors (Lipinski definition) is 3.